The molecule has 1 amide bonds. The van der Waals surface area contributed by atoms with Gasteiger partial charge in [-0.05, 0) is 26.8 Å². The topological polar surface area (TPSA) is 106 Å². The van der Waals surface area contributed by atoms with Crippen LogP contribution in [-0.2, 0) is 11.3 Å². The van der Waals surface area contributed by atoms with Crippen LogP contribution in [-0.4, -0.2) is 22.1 Å². The summed E-state index contributed by atoms with van der Waals surface area (Å²) in [6.07, 6.45) is 1.28. The van der Waals surface area contributed by atoms with Crippen LogP contribution >= 0.6 is 0 Å². The number of hydrogen-bond acceptors (Lipinski definition) is 5. The van der Waals surface area contributed by atoms with E-state index < -0.39 is 11.9 Å². The van der Waals surface area contributed by atoms with Crippen molar-refractivity contribution in [3.8, 4) is 0 Å². The van der Waals surface area contributed by atoms with Gasteiger partial charge in [0.2, 0.25) is 11.7 Å². The van der Waals surface area contributed by atoms with Crippen molar-refractivity contribution in [1.82, 2.24) is 10.5 Å². The van der Waals surface area contributed by atoms with Gasteiger partial charge in [-0.3, -0.25) is 4.79 Å². The zero-order valence-corrected chi connectivity index (χ0v) is 12.0. The molecule has 0 aromatic carbocycles. The van der Waals surface area contributed by atoms with Crippen LogP contribution in [0.4, 0.5) is 0 Å². The fraction of sp³-hybridized carbons (Fsp3) is 0.357. The molecule has 2 aromatic heterocycles. The van der Waals surface area contributed by atoms with Crippen molar-refractivity contribution in [2.75, 3.05) is 0 Å². The number of furan rings is 1. The zero-order chi connectivity index (χ0) is 15.6. The van der Waals surface area contributed by atoms with Crippen LogP contribution in [0, 0.1) is 13.8 Å². The molecule has 2 heterocycles. The molecular weight excluding hydrogens is 276 g/mol. The quantitative estimate of drug-likeness (QED) is 0.873. The summed E-state index contributed by atoms with van der Waals surface area (Å²) < 4.78 is 9.90. The van der Waals surface area contributed by atoms with Crippen molar-refractivity contribution in [3.05, 3.63) is 40.7 Å². The molecule has 0 aliphatic carbocycles. The summed E-state index contributed by atoms with van der Waals surface area (Å²) in [6, 6.07) is 1.52. The molecule has 0 saturated carbocycles. The Labute approximate surface area is 120 Å². The Hall–Kier alpha value is -2.57. The van der Waals surface area contributed by atoms with Gasteiger partial charge < -0.3 is 19.4 Å². The number of nitrogens with one attached hydrogen (secondary N) is 1. The van der Waals surface area contributed by atoms with E-state index in [9.17, 15) is 9.59 Å². The van der Waals surface area contributed by atoms with Crippen molar-refractivity contribution in [1.29, 1.82) is 0 Å². The van der Waals surface area contributed by atoms with E-state index in [-0.39, 0.29) is 18.2 Å². The number of aromatic carboxylic acids is 1. The first kappa shape index (κ1) is 14.8. The fourth-order valence-electron chi connectivity index (χ4n) is 2.24. The largest absolute Gasteiger partial charge is 0.475 e. The first-order valence-electron chi connectivity index (χ1n) is 6.42. The molecule has 1 atom stereocenters. The molecule has 0 aliphatic heterocycles. The Morgan fingerprint density at radius 2 is 2.14 bits per heavy atom. The SMILES string of the molecule is Cc1noc(C)c1C(C)C(=O)NCc1ccoc1C(=O)O. The number of carbonyl (C=O) groups excluding carboxylic acids is 1. The Balaban J connectivity index is 2.05. The Morgan fingerprint density at radius 3 is 2.71 bits per heavy atom. The maximum atomic E-state index is 12.2. The number of carbonyl (C=O) groups is 2. The van der Waals surface area contributed by atoms with Crippen LogP contribution in [0.25, 0.3) is 0 Å². The number of aromatic nitrogens is 1. The van der Waals surface area contributed by atoms with Crippen LogP contribution < -0.4 is 5.32 Å². The molecule has 112 valence electrons. The molecule has 2 aromatic rings. The van der Waals surface area contributed by atoms with Gasteiger partial charge in [0, 0.05) is 17.7 Å². The second-order valence-electron chi connectivity index (χ2n) is 4.76. The average Bonchev–Trinajstić information content (AvgIpc) is 3.02. The number of hydrogen-bond donors (Lipinski definition) is 2. The second kappa shape index (κ2) is 5.82. The van der Waals surface area contributed by atoms with E-state index in [0.717, 1.165) is 5.56 Å². The number of amides is 1. The van der Waals surface area contributed by atoms with E-state index >= 15 is 0 Å². The summed E-state index contributed by atoms with van der Waals surface area (Å²) in [4.78, 5) is 23.1. The second-order valence-corrected chi connectivity index (χ2v) is 4.76. The molecule has 7 heteroatoms. The van der Waals surface area contributed by atoms with Crippen molar-refractivity contribution < 1.29 is 23.6 Å². The van der Waals surface area contributed by atoms with Crippen molar-refractivity contribution in [2.45, 2.75) is 33.2 Å². The van der Waals surface area contributed by atoms with E-state index in [1.807, 2.05) is 0 Å². The normalized spacial score (nSPS) is 12.1. The molecule has 7 nitrogen and oxygen atoms in total. The van der Waals surface area contributed by atoms with Gasteiger partial charge in [-0.1, -0.05) is 5.16 Å². The lowest BCUT2D eigenvalue weighted by molar-refractivity contribution is -0.122. The zero-order valence-electron chi connectivity index (χ0n) is 12.0. The van der Waals surface area contributed by atoms with Crippen molar-refractivity contribution in [3.63, 3.8) is 0 Å². The summed E-state index contributed by atoms with van der Waals surface area (Å²) in [5, 5.41) is 15.4. The molecular formula is C14H16N2O5. The van der Waals surface area contributed by atoms with E-state index in [4.69, 9.17) is 14.0 Å². The Bertz CT molecular complexity index is 651. The highest BCUT2D eigenvalue weighted by molar-refractivity contribution is 5.87. The number of aryl methyl sites for hydroxylation is 2. The van der Waals surface area contributed by atoms with Crippen LogP contribution in [0.15, 0.2) is 21.3 Å². The lowest BCUT2D eigenvalue weighted by atomic mass is 9.98. The third-order valence-corrected chi connectivity index (χ3v) is 3.31. The molecule has 0 saturated heterocycles. The average molecular weight is 292 g/mol. The molecule has 2 N–H and O–H groups in total. The number of carboxylic acids is 1. The van der Waals surface area contributed by atoms with E-state index in [1.165, 1.54) is 12.3 Å². The molecule has 1 unspecified atom stereocenters. The van der Waals surface area contributed by atoms with Crippen LogP contribution in [0.1, 0.15) is 46.0 Å². The summed E-state index contributed by atoms with van der Waals surface area (Å²) in [7, 11) is 0. The lowest BCUT2D eigenvalue weighted by Gasteiger charge is -2.11. The standard InChI is InChI=1S/C14H16N2O5/c1-7(11-8(2)16-21-9(11)3)13(17)15-6-10-4-5-20-12(10)14(18)19/h4-5,7H,6H2,1-3H3,(H,15,17)(H,18,19). The smallest absolute Gasteiger partial charge is 0.372 e. The van der Waals surface area contributed by atoms with E-state index in [0.29, 0.717) is 17.0 Å². The summed E-state index contributed by atoms with van der Waals surface area (Å²) in [6.45, 7) is 5.35. The molecule has 2 rings (SSSR count). The molecule has 0 aliphatic rings. The van der Waals surface area contributed by atoms with Crippen LogP contribution in [0.3, 0.4) is 0 Å². The lowest BCUT2D eigenvalue weighted by Crippen LogP contribution is -2.28. The number of nitrogens with zero attached hydrogens (tertiary/aromatic N) is 1. The monoisotopic (exact) mass is 292 g/mol. The van der Waals surface area contributed by atoms with Crippen LogP contribution in [0.5, 0.6) is 0 Å². The van der Waals surface area contributed by atoms with Gasteiger partial charge in [-0.2, -0.15) is 0 Å². The molecule has 21 heavy (non-hydrogen) atoms. The van der Waals surface area contributed by atoms with Gasteiger partial charge >= 0.3 is 5.97 Å². The fourth-order valence-corrected chi connectivity index (χ4v) is 2.24. The minimum Gasteiger partial charge on any atom is -0.475 e. The van der Waals surface area contributed by atoms with Crippen molar-refractivity contribution >= 4 is 11.9 Å². The van der Waals surface area contributed by atoms with Gasteiger partial charge in [0.05, 0.1) is 17.9 Å². The number of rotatable bonds is 5. The highest BCUT2D eigenvalue weighted by Crippen LogP contribution is 2.23. The molecule has 0 radical (unpaired) electrons. The predicted molar refractivity (Wildman–Crippen MR) is 71.9 cm³/mol. The first-order chi connectivity index (χ1) is 9.91. The Kier molecular flexibility index (Phi) is 4.11. The highest BCUT2D eigenvalue weighted by Gasteiger charge is 2.23. The van der Waals surface area contributed by atoms with Gasteiger partial charge in [0.25, 0.3) is 0 Å². The number of carboxylic acid groups (broad SMARTS) is 1. The maximum Gasteiger partial charge on any atom is 0.372 e. The molecule has 0 spiro atoms. The predicted octanol–water partition coefficient (Wildman–Crippen LogP) is 2.00. The third kappa shape index (κ3) is 2.96. The van der Waals surface area contributed by atoms with Crippen molar-refractivity contribution in [2.24, 2.45) is 0 Å². The maximum absolute atomic E-state index is 12.2. The van der Waals surface area contributed by atoms with Gasteiger partial charge in [-0.15, -0.1) is 0 Å². The third-order valence-electron chi connectivity index (χ3n) is 3.31. The summed E-state index contributed by atoms with van der Waals surface area (Å²) in [5.74, 6) is -1.40. The minimum absolute atomic E-state index is 0.0880. The van der Waals surface area contributed by atoms with E-state index in [2.05, 4.69) is 10.5 Å². The highest BCUT2D eigenvalue weighted by atomic mass is 16.5. The first-order valence-corrected chi connectivity index (χ1v) is 6.42. The van der Waals surface area contributed by atoms with Gasteiger partial charge in [-0.25, -0.2) is 4.79 Å². The summed E-state index contributed by atoms with van der Waals surface area (Å²) >= 11 is 0. The van der Waals surface area contributed by atoms with E-state index in [1.54, 1.807) is 20.8 Å². The Morgan fingerprint density at radius 1 is 1.43 bits per heavy atom. The minimum atomic E-state index is -1.16. The molecule has 0 bridgehead atoms. The summed E-state index contributed by atoms with van der Waals surface area (Å²) in [5.41, 5.74) is 1.84. The van der Waals surface area contributed by atoms with Gasteiger partial charge in [0.1, 0.15) is 5.76 Å². The molecule has 0 fully saturated rings. The van der Waals surface area contributed by atoms with Gasteiger partial charge in [0.15, 0.2) is 0 Å². The van der Waals surface area contributed by atoms with Crippen LogP contribution in [0.2, 0.25) is 0 Å².